The molecule has 4 aliphatic heterocycles. The van der Waals surface area contributed by atoms with E-state index in [-0.39, 0.29) is 36.1 Å². The molecule has 4 heterocycles. The van der Waals surface area contributed by atoms with Crippen molar-refractivity contribution < 1.29 is 24.0 Å². The molecule has 2 N–H and O–H groups in total. The molecule has 2 saturated heterocycles. The molecule has 12 nitrogen and oxygen atoms in total. The van der Waals surface area contributed by atoms with E-state index in [0.29, 0.717) is 46.5 Å². The third-order valence-electron chi connectivity index (χ3n) is 12.7. The second-order valence-corrected chi connectivity index (χ2v) is 16.8. The average Bonchev–Trinajstić information content (AvgIpc) is 3.69. The maximum atomic E-state index is 13.3. The minimum Gasteiger partial charge on any atom is -0.372 e. The van der Waals surface area contributed by atoms with Crippen LogP contribution >= 0.6 is 11.6 Å². The first-order valence-corrected chi connectivity index (χ1v) is 19.9. The van der Waals surface area contributed by atoms with E-state index >= 15 is 0 Å². The lowest BCUT2D eigenvalue weighted by Gasteiger charge is -2.42. The van der Waals surface area contributed by atoms with Crippen molar-refractivity contribution in [1.82, 2.24) is 20.4 Å². The predicted octanol–water partition coefficient (Wildman–Crippen LogP) is 6.09. The maximum Gasteiger partial charge on any atom is 0.262 e. The van der Waals surface area contributed by atoms with Crippen molar-refractivity contribution in [3.63, 3.8) is 0 Å². The number of carbonyl (C=O) groups excluding carboxylic acids is 5. The summed E-state index contributed by atoms with van der Waals surface area (Å²) in [6.07, 6.45) is 5.96. The van der Waals surface area contributed by atoms with Gasteiger partial charge in [0, 0.05) is 80.2 Å². The summed E-state index contributed by atoms with van der Waals surface area (Å²) >= 11 is 6.28. The number of hydrogen-bond donors (Lipinski definition) is 2. The number of piperidine rings is 2. The van der Waals surface area contributed by atoms with E-state index in [1.807, 2.05) is 48.5 Å². The number of nitrogens with zero attached hydrogens (tertiary/aromatic N) is 5. The van der Waals surface area contributed by atoms with E-state index in [9.17, 15) is 24.0 Å². The van der Waals surface area contributed by atoms with E-state index in [0.717, 1.165) is 85.6 Å². The van der Waals surface area contributed by atoms with Crippen molar-refractivity contribution in [3.8, 4) is 0 Å². The molecule has 0 radical (unpaired) electrons. The van der Waals surface area contributed by atoms with Gasteiger partial charge in [-0.3, -0.25) is 39.1 Å². The highest BCUT2D eigenvalue weighted by Crippen LogP contribution is 2.39. The first-order chi connectivity index (χ1) is 26.9. The zero-order chi connectivity index (χ0) is 39.3. The molecule has 1 atom stereocenters. The van der Waals surface area contributed by atoms with Gasteiger partial charge >= 0.3 is 0 Å². The third kappa shape index (κ3) is 7.26. The average molecular weight is 776 g/mol. The summed E-state index contributed by atoms with van der Waals surface area (Å²) in [6.45, 7) is 13.7. The molecule has 1 unspecified atom stereocenters. The van der Waals surface area contributed by atoms with E-state index in [1.165, 1.54) is 0 Å². The lowest BCUT2D eigenvalue weighted by molar-refractivity contribution is -0.136. The van der Waals surface area contributed by atoms with Crippen molar-refractivity contribution >= 4 is 58.2 Å². The molecule has 8 rings (SSSR count). The summed E-state index contributed by atoms with van der Waals surface area (Å²) in [4.78, 5) is 75.5. The molecule has 0 bridgehead atoms. The summed E-state index contributed by atoms with van der Waals surface area (Å²) < 4.78 is 0. The number of benzene rings is 3. The Morgan fingerprint density at radius 1 is 0.929 bits per heavy atom. The number of carbonyl (C=O) groups is 5. The van der Waals surface area contributed by atoms with E-state index < -0.39 is 23.8 Å². The van der Waals surface area contributed by atoms with Crippen molar-refractivity contribution in [2.45, 2.75) is 89.5 Å². The number of halogens is 1. The predicted molar refractivity (Wildman–Crippen MR) is 213 cm³/mol. The molecule has 5 amide bonds. The molecular weight excluding hydrogens is 730 g/mol. The van der Waals surface area contributed by atoms with E-state index in [1.54, 1.807) is 6.07 Å². The number of amides is 5. The van der Waals surface area contributed by atoms with Crippen LogP contribution in [0.4, 0.5) is 17.1 Å². The summed E-state index contributed by atoms with van der Waals surface area (Å²) in [5, 5.41) is 5.97. The van der Waals surface area contributed by atoms with Crippen LogP contribution in [0.3, 0.4) is 0 Å². The number of imide groups is 2. The lowest BCUT2D eigenvalue weighted by atomic mass is 9.79. The molecule has 290 valence electrons. The Morgan fingerprint density at radius 3 is 2.16 bits per heavy atom. The third-order valence-corrected chi connectivity index (χ3v) is 13.0. The van der Waals surface area contributed by atoms with Crippen LogP contribution in [0, 0.1) is 12.0 Å². The fourth-order valence-corrected chi connectivity index (χ4v) is 9.49. The smallest absolute Gasteiger partial charge is 0.262 e. The Balaban J connectivity index is 0.801. The van der Waals surface area contributed by atoms with Gasteiger partial charge in [-0.25, -0.2) is 4.85 Å². The highest BCUT2D eigenvalue weighted by Gasteiger charge is 2.45. The first-order valence-electron chi connectivity index (χ1n) is 19.6. The molecule has 13 heteroatoms. The van der Waals surface area contributed by atoms with Crippen LogP contribution in [-0.4, -0.2) is 84.1 Å². The lowest BCUT2D eigenvalue weighted by Crippen LogP contribution is -2.54. The topological polar surface area (TPSA) is 127 Å². The number of nitrogens with one attached hydrogen (secondary N) is 2. The van der Waals surface area contributed by atoms with Gasteiger partial charge < -0.3 is 15.1 Å². The monoisotopic (exact) mass is 775 g/mol. The van der Waals surface area contributed by atoms with Crippen LogP contribution in [0.1, 0.15) is 100 Å². The fraction of sp³-hybridized carbons (Fsp3) is 0.442. The van der Waals surface area contributed by atoms with Gasteiger partial charge in [0.2, 0.25) is 17.5 Å². The van der Waals surface area contributed by atoms with Gasteiger partial charge in [-0.15, -0.1) is 0 Å². The highest BCUT2D eigenvalue weighted by molar-refractivity contribution is 6.33. The zero-order valence-corrected chi connectivity index (χ0v) is 32.5. The largest absolute Gasteiger partial charge is 0.372 e. The summed E-state index contributed by atoms with van der Waals surface area (Å²) in [7, 11) is 2.06. The molecule has 5 aliphatic rings. The Morgan fingerprint density at radius 2 is 1.57 bits per heavy atom. The number of fused-ring (bicyclic) bond motifs is 2. The number of hydrogen-bond acceptors (Lipinski definition) is 8. The van der Waals surface area contributed by atoms with Crippen molar-refractivity contribution in [2.24, 2.45) is 5.41 Å². The molecule has 1 aliphatic carbocycles. The Kier molecular flexibility index (Phi) is 10.1. The van der Waals surface area contributed by atoms with Gasteiger partial charge in [0.05, 0.1) is 17.7 Å². The van der Waals surface area contributed by atoms with Crippen molar-refractivity contribution in [1.29, 1.82) is 0 Å². The molecule has 3 aromatic carbocycles. The number of rotatable bonds is 8. The van der Waals surface area contributed by atoms with Gasteiger partial charge in [-0.05, 0) is 110 Å². The van der Waals surface area contributed by atoms with Crippen molar-refractivity contribution in [3.05, 3.63) is 98.9 Å². The number of anilines is 2. The van der Waals surface area contributed by atoms with E-state index in [2.05, 4.69) is 44.1 Å². The quantitative estimate of drug-likeness (QED) is 0.208. The zero-order valence-electron chi connectivity index (χ0n) is 31.8. The maximum absolute atomic E-state index is 13.3. The standard InChI is InChI=1S/C43H46ClN7O5/c1-43(25-49-23-27-20-33-34(21-28(27)24-49)42(56)51(41(33)55)37-14-15-38(52)47-40(37)54)16-18-50(19-17-43)31-8-4-26(5-9-31)39(53)46-29-6-10-30(11-7-29)48(3)32-12-13-36(45-2)35(44)22-32/h4-5,8-9,12-13,20-22,29-30,37H,6-7,10-11,14-19,23-25H2,1,3H3,(H,46,53)(H,47,52,54). The molecule has 3 aromatic rings. The minimum atomic E-state index is -0.964. The summed E-state index contributed by atoms with van der Waals surface area (Å²) in [6, 6.07) is 16.7. The molecule has 56 heavy (non-hydrogen) atoms. The Labute approximate surface area is 331 Å². The Hall–Kier alpha value is -5.25. The van der Waals surface area contributed by atoms with Gasteiger partial charge in [-0.1, -0.05) is 24.6 Å². The second kappa shape index (κ2) is 15.0. The fourth-order valence-electron chi connectivity index (χ4n) is 9.27. The Bertz CT molecular complexity index is 2100. The molecule has 0 aromatic heterocycles. The van der Waals surface area contributed by atoms with Crippen LogP contribution in [0.25, 0.3) is 4.85 Å². The van der Waals surface area contributed by atoms with Crippen LogP contribution in [0.2, 0.25) is 5.02 Å². The SMILES string of the molecule is [C-]#[N+]c1ccc(N(C)C2CCC(NC(=O)c3ccc(N4CCC(C)(CN5Cc6cc7c(cc6C5)C(=O)N(C5CCC(=O)NC5=O)C7=O)CC4)cc3)CC2)cc1Cl. The molecular formula is C43H46ClN7O5. The first kappa shape index (κ1) is 37.7. The van der Waals surface area contributed by atoms with Gasteiger partial charge in [0.1, 0.15) is 6.04 Å². The minimum absolute atomic E-state index is 0.0432. The summed E-state index contributed by atoms with van der Waals surface area (Å²) in [5.74, 6) is -1.97. The van der Waals surface area contributed by atoms with Crippen LogP contribution in [0.5, 0.6) is 0 Å². The van der Waals surface area contributed by atoms with Crippen LogP contribution < -0.4 is 20.4 Å². The van der Waals surface area contributed by atoms with Crippen LogP contribution in [-0.2, 0) is 22.7 Å². The molecule has 0 spiro atoms. The molecule has 1 saturated carbocycles. The normalized spacial score (nSPS) is 23.4. The van der Waals surface area contributed by atoms with Gasteiger partial charge in [0.25, 0.3) is 17.7 Å². The van der Waals surface area contributed by atoms with Crippen LogP contribution in [0.15, 0.2) is 54.6 Å². The van der Waals surface area contributed by atoms with Crippen molar-refractivity contribution in [2.75, 3.05) is 36.5 Å². The highest BCUT2D eigenvalue weighted by atomic mass is 35.5. The van der Waals surface area contributed by atoms with Gasteiger partial charge in [0.15, 0.2) is 0 Å². The second-order valence-electron chi connectivity index (χ2n) is 16.4. The van der Waals surface area contributed by atoms with Gasteiger partial charge in [-0.2, -0.15) is 0 Å². The summed E-state index contributed by atoms with van der Waals surface area (Å²) in [5.41, 5.74) is 6.07. The molecule has 3 fully saturated rings. The van der Waals surface area contributed by atoms with E-state index in [4.69, 9.17) is 18.2 Å².